The van der Waals surface area contributed by atoms with E-state index in [1.807, 2.05) is 19.1 Å². The topological polar surface area (TPSA) is 122 Å². The number of carbonyl (C=O) groups excluding carboxylic acids is 1. The number of H-pyrrole nitrogens is 1. The minimum absolute atomic E-state index is 0.170. The quantitative estimate of drug-likeness (QED) is 0.678. The van der Waals surface area contributed by atoms with Gasteiger partial charge in [-0.1, -0.05) is 18.1 Å². The molecule has 0 atom stereocenters. The standard InChI is InChI=1S/C15H17N7O2/c1-2-11-17-13(24-22-11)8-5-7-12(23)18-15-19-14(20-21-15)10-6-3-4-9-16-10/h3-4,6,9H,2,5,7-8H2,1H3,(H2,18,19,20,21,23). The first kappa shape index (κ1) is 15.8. The van der Waals surface area contributed by atoms with E-state index >= 15 is 0 Å². The number of aryl methyl sites for hydroxylation is 2. The van der Waals surface area contributed by atoms with E-state index in [9.17, 15) is 4.79 Å². The van der Waals surface area contributed by atoms with Crippen LogP contribution in [0.4, 0.5) is 5.95 Å². The lowest BCUT2D eigenvalue weighted by Crippen LogP contribution is -2.12. The van der Waals surface area contributed by atoms with Crippen LogP contribution in [0.25, 0.3) is 11.5 Å². The van der Waals surface area contributed by atoms with Gasteiger partial charge in [-0.05, 0) is 18.6 Å². The molecule has 3 rings (SSSR count). The molecular formula is C15H17N7O2. The highest BCUT2D eigenvalue weighted by Crippen LogP contribution is 2.12. The summed E-state index contributed by atoms with van der Waals surface area (Å²) in [5.74, 6) is 1.79. The number of nitrogens with zero attached hydrogens (tertiary/aromatic N) is 5. The molecule has 9 heteroatoms. The van der Waals surface area contributed by atoms with E-state index in [0.717, 1.165) is 6.42 Å². The molecule has 0 aromatic carbocycles. The molecule has 0 fully saturated rings. The molecule has 9 nitrogen and oxygen atoms in total. The maximum absolute atomic E-state index is 11.9. The van der Waals surface area contributed by atoms with Gasteiger partial charge in [0, 0.05) is 25.5 Å². The largest absolute Gasteiger partial charge is 0.339 e. The number of rotatable bonds is 7. The van der Waals surface area contributed by atoms with E-state index in [4.69, 9.17) is 4.52 Å². The van der Waals surface area contributed by atoms with Gasteiger partial charge in [-0.2, -0.15) is 9.97 Å². The molecule has 3 heterocycles. The predicted octanol–water partition coefficient (Wildman–Crippen LogP) is 1.77. The second kappa shape index (κ2) is 7.44. The monoisotopic (exact) mass is 327 g/mol. The number of amides is 1. The van der Waals surface area contributed by atoms with Gasteiger partial charge in [-0.15, -0.1) is 5.10 Å². The van der Waals surface area contributed by atoms with E-state index in [2.05, 4.69) is 35.6 Å². The lowest BCUT2D eigenvalue weighted by atomic mass is 10.2. The summed E-state index contributed by atoms with van der Waals surface area (Å²) < 4.78 is 5.08. The summed E-state index contributed by atoms with van der Waals surface area (Å²) in [4.78, 5) is 24.5. The van der Waals surface area contributed by atoms with Crippen molar-refractivity contribution in [2.75, 3.05) is 5.32 Å². The van der Waals surface area contributed by atoms with Crippen LogP contribution >= 0.6 is 0 Å². The molecule has 3 aromatic heterocycles. The number of nitrogens with one attached hydrogen (secondary N) is 2. The lowest BCUT2D eigenvalue weighted by Gasteiger charge is -1.99. The zero-order valence-corrected chi connectivity index (χ0v) is 13.2. The molecular weight excluding hydrogens is 310 g/mol. The van der Waals surface area contributed by atoms with Crippen LogP contribution in [0.5, 0.6) is 0 Å². The smallest absolute Gasteiger partial charge is 0.249 e. The Hall–Kier alpha value is -3.10. The van der Waals surface area contributed by atoms with Gasteiger partial charge in [0.2, 0.25) is 17.7 Å². The summed E-state index contributed by atoms with van der Waals surface area (Å²) in [5, 5.41) is 13.2. The Balaban J connectivity index is 1.47. The van der Waals surface area contributed by atoms with Crippen LogP contribution in [0.15, 0.2) is 28.9 Å². The number of aromatic nitrogens is 6. The highest BCUT2D eigenvalue weighted by molar-refractivity contribution is 5.89. The molecule has 0 spiro atoms. The van der Waals surface area contributed by atoms with E-state index in [0.29, 0.717) is 42.5 Å². The van der Waals surface area contributed by atoms with E-state index in [1.165, 1.54) is 0 Å². The van der Waals surface area contributed by atoms with Gasteiger partial charge >= 0.3 is 0 Å². The van der Waals surface area contributed by atoms with E-state index in [-0.39, 0.29) is 11.9 Å². The molecule has 3 aromatic rings. The van der Waals surface area contributed by atoms with E-state index in [1.54, 1.807) is 12.3 Å². The Kier molecular flexibility index (Phi) is 4.90. The normalized spacial score (nSPS) is 10.7. The van der Waals surface area contributed by atoms with Crippen LogP contribution < -0.4 is 5.32 Å². The Bertz CT molecular complexity index is 797. The van der Waals surface area contributed by atoms with Crippen LogP contribution in [0.3, 0.4) is 0 Å². The van der Waals surface area contributed by atoms with Crippen LogP contribution in [-0.2, 0) is 17.6 Å². The van der Waals surface area contributed by atoms with E-state index < -0.39 is 0 Å². The fourth-order valence-corrected chi connectivity index (χ4v) is 2.06. The summed E-state index contributed by atoms with van der Waals surface area (Å²) in [6.45, 7) is 1.96. The third kappa shape index (κ3) is 4.00. The van der Waals surface area contributed by atoms with Crippen LogP contribution in [0.1, 0.15) is 31.5 Å². The second-order valence-electron chi connectivity index (χ2n) is 5.08. The molecule has 124 valence electrons. The second-order valence-corrected chi connectivity index (χ2v) is 5.08. The maximum Gasteiger partial charge on any atom is 0.249 e. The molecule has 0 aliphatic rings. The number of hydrogen-bond donors (Lipinski definition) is 2. The number of anilines is 1. The van der Waals surface area contributed by atoms with Crippen molar-refractivity contribution in [2.24, 2.45) is 0 Å². The molecule has 0 unspecified atom stereocenters. The third-order valence-corrected chi connectivity index (χ3v) is 3.27. The molecule has 0 aliphatic heterocycles. The Morgan fingerprint density at radius 1 is 1.33 bits per heavy atom. The molecule has 1 amide bonds. The number of carbonyl (C=O) groups is 1. The minimum Gasteiger partial charge on any atom is -0.339 e. The maximum atomic E-state index is 11.9. The first-order valence-corrected chi connectivity index (χ1v) is 7.69. The number of aromatic amines is 1. The molecule has 0 bridgehead atoms. The zero-order valence-electron chi connectivity index (χ0n) is 13.2. The Morgan fingerprint density at radius 2 is 2.25 bits per heavy atom. The Morgan fingerprint density at radius 3 is 3.00 bits per heavy atom. The van der Waals surface area contributed by atoms with Crippen molar-refractivity contribution in [1.29, 1.82) is 0 Å². The molecule has 0 aliphatic carbocycles. The summed E-state index contributed by atoms with van der Waals surface area (Å²) in [6.07, 6.45) is 3.88. The first-order chi connectivity index (χ1) is 11.7. The van der Waals surface area contributed by atoms with Gasteiger partial charge in [-0.25, -0.2) is 0 Å². The molecule has 0 saturated heterocycles. The fraction of sp³-hybridized carbons (Fsp3) is 0.333. The molecule has 24 heavy (non-hydrogen) atoms. The number of pyridine rings is 1. The van der Waals surface area contributed by atoms with Crippen molar-refractivity contribution < 1.29 is 9.32 Å². The average molecular weight is 327 g/mol. The Labute approximate surface area is 137 Å². The predicted molar refractivity (Wildman–Crippen MR) is 84.9 cm³/mol. The van der Waals surface area contributed by atoms with Crippen molar-refractivity contribution in [3.05, 3.63) is 36.1 Å². The van der Waals surface area contributed by atoms with Crippen molar-refractivity contribution >= 4 is 11.9 Å². The first-order valence-electron chi connectivity index (χ1n) is 7.69. The van der Waals surface area contributed by atoms with Crippen molar-refractivity contribution in [1.82, 2.24) is 30.3 Å². The lowest BCUT2D eigenvalue weighted by molar-refractivity contribution is -0.116. The summed E-state index contributed by atoms with van der Waals surface area (Å²) in [7, 11) is 0. The molecule has 2 N–H and O–H groups in total. The van der Waals surface area contributed by atoms with Crippen LogP contribution in [-0.4, -0.2) is 36.2 Å². The van der Waals surface area contributed by atoms with Crippen LogP contribution in [0.2, 0.25) is 0 Å². The van der Waals surface area contributed by atoms with Crippen molar-refractivity contribution in [2.45, 2.75) is 32.6 Å². The van der Waals surface area contributed by atoms with Crippen molar-refractivity contribution in [3.63, 3.8) is 0 Å². The minimum atomic E-state index is -0.170. The SMILES string of the molecule is CCc1noc(CCCC(=O)Nc2n[nH]c(-c3ccccn3)n2)n1. The van der Waals surface area contributed by atoms with Crippen molar-refractivity contribution in [3.8, 4) is 11.5 Å². The summed E-state index contributed by atoms with van der Waals surface area (Å²) >= 11 is 0. The highest BCUT2D eigenvalue weighted by Gasteiger charge is 2.10. The van der Waals surface area contributed by atoms with Gasteiger partial charge in [-0.3, -0.25) is 20.2 Å². The fourth-order valence-electron chi connectivity index (χ4n) is 2.06. The summed E-state index contributed by atoms with van der Waals surface area (Å²) in [6, 6.07) is 5.47. The molecule has 0 radical (unpaired) electrons. The van der Waals surface area contributed by atoms with Gasteiger partial charge in [0.25, 0.3) is 0 Å². The average Bonchev–Trinajstić information content (AvgIpc) is 3.25. The van der Waals surface area contributed by atoms with Gasteiger partial charge < -0.3 is 4.52 Å². The zero-order chi connectivity index (χ0) is 16.8. The number of hydrogen-bond acceptors (Lipinski definition) is 7. The van der Waals surface area contributed by atoms with Gasteiger partial charge in [0.1, 0.15) is 5.69 Å². The molecule has 0 saturated carbocycles. The summed E-state index contributed by atoms with van der Waals surface area (Å²) in [5.41, 5.74) is 0.661. The van der Waals surface area contributed by atoms with Crippen LogP contribution in [0, 0.1) is 0 Å². The van der Waals surface area contributed by atoms with Gasteiger partial charge in [0.15, 0.2) is 11.6 Å². The highest BCUT2D eigenvalue weighted by atomic mass is 16.5. The third-order valence-electron chi connectivity index (χ3n) is 3.27. The van der Waals surface area contributed by atoms with Gasteiger partial charge in [0.05, 0.1) is 0 Å².